The number of hydrogen-bond acceptors (Lipinski definition) is 3. The van der Waals surface area contributed by atoms with Crippen LogP contribution in [-0.4, -0.2) is 17.5 Å². The summed E-state index contributed by atoms with van der Waals surface area (Å²) in [5.41, 5.74) is 1.41. The average Bonchev–Trinajstić information content (AvgIpc) is 3.18. The van der Waals surface area contributed by atoms with Crippen LogP contribution in [0.5, 0.6) is 0 Å². The zero-order chi connectivity index (χ0) is 25.0. The third-order valence-electron chi connectivity index (χ3n) is 11.2. The molecule has 9 atom stereocenters. The average molecular weight is 478 g/mol. The molecule has 4 nitrogen and oxygen atoms in total. The van der Waals surface area contributed by atoms with Gasteiger partial charge in [-0.2, -0.15) is 0 Å². The predicted molar refractivity (Wildman–Crippen MR) is 137 cm³/mol. The van der Waals surface area contributed by atoms with Gasteiger partial charge in [0.1, 0.15) is 11.6 Å². The Morgan fingerprint density at radius 3 is 2.43 bits per heavy atom. The van der Waals surface area contributed by atoms with Crippen molar-refractivity contribution in [1.29, 1.82) is 0 Å². The van der Waals surface area contributed by atoms with Gasteiger partial charge in [0.05, 0.1) is 6.04 Å². The van der Waals surface area contributed by atoms with Crippen LogP contribution in [0.15, 0.2) is 30.3 Å². The maximum absolute atomic E-state index is 13.6. The normalized spacial score (nSPS) is 40.3. The van der Waals surface area contributed by atoms with Gasteiger partial charge in [0.25, 0.3) is 0 Å². The molecule has 5 rings (SSSR count). The molecule has 0 aromatic heterocycles. The van der Waals surface area contributed by atoms with Crippen LogP contribution < -0.4 is 5.32 Å². The minimum Gasteiger partial charge on any atom is -0.350 e. The molecule has 190 valence electrons. The molecule has 0 bridgehead atoms. The number of benzene rings is 1. The molecule has 1 aromatic carbocycles. The topological polar surface area (TPSA) is 63.2 Å². The lowest BCUT2D eigenvalue weighted by atomic mass is 9.44. The minimum absolute atomic E-state index is 0.00850. The molecule has 4 aliphatic carbocycles. The molecule has 1 amide bonds. The van der Waals surface area contributed by atoms with Crippen molar-refractivity contribution >= 4 is 17.5 Å². The third-order valence-corrected chi connectivity index (χ3v) is 11.2. The summed E-state index contributed by atoms with van der Waals surface area (Å²) in [5.74, 6) is 2.99. The summed E-state index contributed by atoms with van der Waals surface area (Å²) in [6.45, 7) is 9.13. The van der Waals surface area contributed by atoms with Gasteiger partial charge in [-0.3, -0.25) is 14.4 Å². The van der Waals surface area contributed by atoms with E-state index in [2.05, 4.69) is 38.2 Å². The van der Waals surface area contributed by atoms with E-state index in [4.69, 9.17) is 0 Å². The molecule has 0 saturated heterocycles. The highest BCUT2D eigenvalue weighted by Crippen LogP contribution is 2.67. The molecule has 4 aliphatic rings. The number of hydrogen-bond donors (Lipinski definition) is 1. The van der Waals surface area contributed by atoms with Gasteiger partial charge in [0.2, 0.25) is 5.91 Å². The maximum Gasteiger partial charge on any atom is 0.220 e. The highest BCUT2D eigenvalue weighted by molar-refractivity contribution is 5.86. The second kappa shape index (κ2) is 9.16. The van der Waals surface area contributed by atoms with Crippen LogP contribution in [0.25, 0.3) is 0 Å². The Hall–Kier alpha value is -1.97. The monoisotopic (exact) mass is 477 g/mol. The molecule has 0 unspecified atom stereocenters. The van der Waals surface area contributed by atoms with E-state index in [1.165, 1.54) is 0 Å². The lowest BCUT2D eigenvalue weighted by Gasteiger charge is -2.59. The van der Waals surface area contributed by atoms with Gasteiger partial charge >= 0.3 is 0 Å². The molecule has 0 spiro atoms. The molecule has 0 heterocycles. The van der Waals surface area contributed by atoms with E-state index in [9.17, 15) is 14.4 Å². The van der Waals surface area contributed by atoms with E-state index in [-0.39, 0.29) is 34.6 Å². The van der Waals surface area contributed by atoms with Crippen molar-refractivity contribution in [3.63, 3.8) is 0 Å². The van der Waals surface area contributed by atoms with Crippen LogP contribution >= 0.6 is 0 Å². The van der Waals surface area contributed by atoms with E-state index < -0.39 is 0 Å². The molecule has 35 heavy (non-hydrogen) atoms. The first-order valence-corrected chi connectivity index (χ1v) is 14.0. The molecule has 4 fully saturated rings. The SMILES string of the molecule is C[C@H](CC(=O)N[C@H](C)c1ccccc1)[C@H]1CC[C@H]2[C@@H]3C(=O)C[C@@H]4CC(=O)CC[C@]4(C)[C@H]3CC[C@]12C. The third kappa shape index (κ3) is 4.19. The lowest BCUT2D eigenvalue weighted by molar-refractivity contribution is -0.159. The van der Waals surface area contributed by atoms with Gasteiger partial charge in [0, 0.05) is 31.6 Å². The van der Waals surface area contributed by atoms with Crippen molar-refractivity contribution in [3.8, 4) is 0 Å². The number of carbonyl (C=O) groups is 3. The Morgan fingerprint density at radius 1 is 0.971 bits per heavy atom. The van der Waals surface area contributed by atoms with Crippen molar-refractivity contribution in [3.05, 3.63) is 35.9 Å². The Labute approximate surface area is 211 Å². The highest BCUT2D eigenvalue weighted by Gasteiger charge is 2.63. The second-order valence-corrected chi connectivity index (χ2v) is 13.0. The van der Waals surface area contributed by atoms with Gasteiger partial charge in [-0.15, -0.1) is 0 Å². The van der Waals surface area contributed by atoms with E-state index in [1.54, 1.807) is 0 Å². The van der Waals surface area contributed by atoms with Gasteiger partial charge in [-0.05, 0) is 85.0 Å². The predicted octanol–water partition coefficient (Wildman–Crippen LogP) is 6.30. The Kier molecular flexibility index (Phi) is 6.47. The standard InChI is InChI=1S/C31H43NO3/c1-19(16-28(35)32-20(2)21-8-6-5-7-9-21)24-10-11-25-29-26(13-15-31(24,25)4)30(3)14-12-23(33)17-22(30)18-27(29)34/h5-9,19-20,22,24-26,29H,10-18H2,1-4H3,(H,32,35)/t19-,20-,22+,24-,25+,26+,29+,30+,31-/m1/s1. The Balaban J connectivity index is 1.27. The van der Waals surface area contributed by atoms with Gasteiger partial charge in [0.15, 0.2) is 0 Å². The van der Waals surface area contributed by atoms with Crippen LogP contribution in [0.3, 0.4) is 0 Å². The molecule has 1 aromatic rings. The fourth-order valence-electron chi connectivity index (χ4n) is 9.26. The summed E-state index contributed by atoms with van der Waals surface area (Å²) >= 11 is 0. The van der Waals surface area contributed by atoms with Crippen molar-refractivity contribution in [1.82, 2.24) is 5.32 Å². The number of carbonyl (C=O) groups excluding carboxylic acids is 3. The molecular weight excluding hydrogens is 434 g/mol. The number of fused-ring (bicyclic) bond motifs is 5. The molecule has 1 N–H and O–H groups in total. The largest absolute Gasteiger partial charge is 0.350 e. The summed E-state index contributed by atoms with van der Waals surface area (Å²) in [6, 6.07) is 10.1. The van der Waals surface area contributed by atoms with Crippen LogP contribution in [0.2, 0.25) is 0 Å². The second-order valence-electron chi connectivity index (χ2n) is 13.0. The highest BCUT2D eigenvalue weighted by atomic mass is 16.1. The zero-order valence-corrected chi connectivity index (χ0v) is 22.0. The van der Waals surface area contributed by atoms with Crippen molar-refractivity contribution in [2.24, 2.45) is 46.3 Å². The van der Waals surface area contributed by atoms with Crippen LogP contribution in [0.4, 0.5) is 0 Å². The molecule has 4 saturated carbocycles. The summed E-state index contributed by atoms with van der Waals surface area (Å²) in [5, 5.41) is 3.21. The van der Waals surface area contributed by atoms with E-state index >= 15 is 0 Å². The molecule has 0 aliphatic heterocycles. The Bertz CT molecular complexity index is 988. The van der Waals surface area contributed by atoms with Gasteiger partial charge < -0.3 is 5.32 Å². The lowest BCUT2D eigenvalue weighted by Crippen LogP contribution is -2.57. The van der Waals surface area contributed by atoms with Crippen molar-refractivity contribution in [2.45, 2.75) is 91.5 Å². The van der Waals surface area contributed by atoms with Gasteiger partial charge in [-0.1, -0.05) is 51.1 Å². The summed E-state index contributed by atoms with van der Waals surface area (Å²) in [6.07, 6.45) is 7.92. The number of nitrogens with one attached hydrogen (secondary N) is 1. The fraction of sp³-hybridized carbons (Fsp3) is 0.710. The zero-order valence-electron chi connectivity index (χ0n) is 22.0. The number of Topliss-reactive ketones (excluding diaryl/α,β-unsaturated/α-hetero) is 2. The summed E-state index contributed by atoms with van der Waals surface area (Å²) < 4.78 is 0. The smallest absolute Gasteiger partial charge is 0.220 e. The first kappa shape index (κ1) is 24.7. The van der Waals surface area contributed by atoms with Crippen LogP contribution in [-0.2, 0) is 14.4 Å². The Morgan fingerprint density at radius 2 is 1.69 bits per heavy atom. The van der Waals surface area contributed by atoms with E-state index in [1.807, 2.05) is 25.1 Å². The van der Waals surface area contributed by atoms with Gasteiger partial charge in [-0.25, -0.2) is 0 Å². The first-order chi connectivity index (χ1) is 16.6. The minimum atomic E-state index is 0.00850. The van der Waals surface area contributed by atoms with E-state index in [0.717, 1.165) is 37.7 Å². The summed E-state index contributed by atoms with van der Waals surface area (Å²) in [7, 11) is 0. The number of ketones is 2. The first-order valence-electron chi connectivity index (χ1n) is 14.0. The molecule has 0 radical (unpaired) electrons. The molecular formula is C31H43NO3. The summed E-state index contributed by atoms with van der Waals surface area (Å²) in [4.78, 5) is 38.7. The fourth-order valence-corrected chi connectivity index (χ4v) is 9.26. The quantitative estimate of drug-likeness (QED) is 0.541. The molecule has 4 heteroatoms. The van der Waals surface area contributed by atoms with Crippen molar-refractivity contribution in [2.75, 3.05) is 0 Å². The number of rotatable bonds is 5. The maximum atomic E-state index is 13.6. The van der Waals surface area contributed by atoms with Crippen LogP contribution in [0.1, 0.15) is 97.1 Å². The van der Waals surface area contributed by atoms with E-state index in [0.29, 0.717) is 60.9 Å². The number of amides is 1. The van der Waals surface area contributed by atoms with Crippen molar-refractivity contribution < 1.29 is 14.4 Å². The van der Waals surface area contributed by atoms with Crippen LogP contribution in [0, 0.1) is 46.3 Å².